The number of nitrogens with one attached hydrogen (secondary N) is 2. The van der Waals surface area contributed by atoms with Gasteiger partial charge < -0.3 is 15.4 Å². The van der Waals surface area contributed by atoms with Crippen LogP contribution in [-0.2, 0) is 19.7 Å². The highest BCUT2D eigenvalue weighted by Crippen LogP contribution is 2.32. The molecule has 2 N–H and O–H groups in total. The molecule has 34 heavy (non-hydrogen) atoms. The number of aromatic nitrogens is 1. The topological polar surface area (TPSA) is 83.6 Å². The van der Waals surface area contributed by atoms with Gasteiger partial charge in [0.05, 0.1) is 11.6 Å². The second-order valence-corrected chi connectivity index (χ2v) is 10.5. The molecule has 2 unspecified atom stereocenters. The Morgan fingerprint density at radius 3 is 2.41 bits per heavy atom. The minimum atomic E-state index is -0.864. The van der Waals surface area contributed by atoms with Crippen molar-refractivity contribution in [1.29, 1.82) is 0 Å². The van der Waals surface area contributed by atoms with E-state index in [4.69, 9.17) is 4.74 Å². The van der Waals surface area contributed by atoms with E-state index in [0.29, 0.717) is 17.8 Å². The van der Waals surface area contributed by atoms with Crippen molar-refractivity contribution in [3.8, 4) is 0 Å². The van der Waals surface area contributed by atoms with E-state index in [1.165, 1.54) is 0 Å². The van der Waals surface area contributed by atoms with Crippen molar-refractivity contribution in [1.82, 2.24) is 15.6 Å². The highest BCUT2D eigenvalue weighted by molar-refractivity contribution is 6.03. The first-order valence-corrected chi connectivity index (χ1v) is 11.9. The number of pyridine rings is 1. The van der Waals surface area contributed by atoms with Crippen molar-refractivity contribution >= 4 is 17.5 Å². The Kier molecular flexibility index (Phi) is 8.10. The zero-order chi connectivity index (χ0) is 24.9. The van der Waals surface area contributed by atoms with E-state index in [1.54, 1.807) is 30.5 Å². The zero-order valence-corrected chi connectivity index (χ0v) is 21.2. The summed E-state index contributed by atoms with van der Waals surface area (Å²) in [5, 5.41) is 6.29. The van der Waals surface area contributed by atoms with Crippen LogP contribution < -0.4 is 15.5 Å². The molecule has 7 nitrogen and oxygen atoms in total. The van der Waals surface area contributed by atoms with Crippen LogP contribution in [0.25, 0.3) is 0 Å². The van der Waals surface area contributed by atoms with Crippen molar-refractivity contribution < 1.29 is 14.3 Å². The maximum Gasteiger partial charge on any atom is 0.247 e. The lowest BCUT2D eigenvalue weighted by molar-refractivity contribution is -0.128. The second-order valence-electron chi connectivity index (χ2n) is 10.5. The monoisotopic (exact) mass is 466 g/mol. The summed E-state index contributed by atoms with van der Waals surface area (Å²) in [7, 11) is 1.61. The normalized spacial score (nSPS) is 17.3. The molecule has 0 aliphatic carbocycles. The number of hydrogen-bond acceptors (Lipinski definition) is 5. The molecule has 2 heterocycles. The Hall–Kier alpha value is -2.77. The molecule has 1 aliphatic heterocycles. The summed E-state index contributed by atoms with van der Waals surface area (Å²) >= 11 is 0. The van der Waals surface area contributed by atoms with Gasteiger partial charge in [0.2, 0.25) is 11.8 Å². The van der Waals surface area contributed by atoms with E-state index in [-0.39, 0.29) is 23.3 Å². The van der Waals surface area contributed by atoms with E-state index in [9.17, 15) is 9.59 Å². The van der Waals surface area contributed by atoms with Crippen LogP contribution in [0, 0.1) is 0 Å². The summed E-state index contributed by atoms with van der Waals surface area (Å²) in [4.78, 5) is 33.4. The minimum Gasteiger partial charge on any atom is -0.377 e. The van der Waals surface area contributed by atoms with Crippen LogP contribution in [0.1, 0.15) is 64.6 Å². The maximum atomic E-state index is 13.8. The van der Waals surface area contributed by atoms with Gasteiger partial charge in [0.25, 0.3) is 0 Å². The van der Waals surface area contributed by atoms with Gasteiger partial charge in [-0.05, 0) is 62.4 Å². The van der Waals surface area contributed by atoms with Crippen LogP contribution in [0.5, 0.6) is 0 Å². The molecule has 184 valence electrons. The molecule has 1 aliphatic rings. The van der Waals surface area contributed by atoms with Gasteiger partial charge in [-0.15, -0.1) is 0 Å². The first-order valence-electron chi connectivity index (χ1n) is 11.9. The smallest absolute Gasteiger partial charge is 0.247 e. The first-order chi connectivity index (χ1) is 16.0. The van der Waals surface area contributed by atoms with Gasteiger partial charge in [-0.3, -0.25) is 19.5 Å². The average molecular weight is 467 g/mol. The van der Waals surface area contributed by atoms with Gasteiger partial charge in [0.1, 0.15) is 6.04 Å². The zero-order valence-electron chi connectivity index (χ0n) is 21.2. The average Bonchev–Trinajstić information content (AvgIpc) is 3.36. The molecule has 2 aromatic rings. The number of nitrogens with zero attached hydrogens (tertiary/aromatic N) is 2. The lowest BCUT2D eigenvalue weighted by atomic mass is 9.87. The van der Waals surface area contributed by atoms with Gasteiger partial charge in [-0.2, -0.15) is 0 Å². The van der Waals surface area contributed by atoms with Crippen molar-refractivity contribution in [2.75, 3.05) is 25.1 Å². The number of rotatable bonds is 8. The number of carbonyl (C=O) groups excluding carboxylic acids is 2. The molecule has 7 heteroatoms. The molecule has 1 fully saturated rings. The molecule has 0 spiro atoms. The predicted octanol–water partition coefficient (Wildman–Crippen LogP) is 3.75. The van der Waals surface area contributed by atoms with Crippen molar-refractivity contribution in [3.63, 3.8) is 0 Å². The summed E-state index contributed by atoms with van der Waals surface area (Å²) in [5.41, 5.74) is 1.94. The Morgan fingerprint density at radius 1 is 1.18 bits per heavy atom. The van der Waals surface area contributed by atoms with E-state index >= 15 is 0 Å². The number of amides is 2. The third-order valence-electron chi connectivity index (χ3n) is 6.35. The Balaban J connectivity index is 2.05. The maximum absolute atomic E-state index is 13.8. The molecule has 2 amide bonds. The van der Waals surface area contributed by atoms with Crippen LogP contribution in [-0.4, -0.2) is 48.6 Å². The highest BCUT2D eigenvalue weighted by Gasteiger charge is 2.37. The molecule has 0 bridgehead atoms. The van der Waals surface area contributed by atoms with Gasteiger partial charge in [-0.25, -0.2) is 0 Å². The molecular formula is C27H38N4O3. The lowest BCUT2D eigenvalue weighted by Gasteiger charge is -2.34. The van der Waals surface area contributed by atoms with E-state index < -0.39 is 11.6 Å². The van der Waals surface area contributed by atoms with Crippen LogP contribution in [0.4, 0.5) is 5.69 Å². The third kappa shape index (κ3) is 6.21. The fourth-order valence-corrected chi connectivity index (χ4v) is 4.01. The van der Waals surface area contributed by atoms with Gasteiger partial charge in [0.15, 0.2) is 0 Å². The Bertz CT molecular complexity index is 962. The lowest BCUT2D eigenvalue weighted by Crippen LogP contribution is -2.51. The quantitative estimate of drug-likeness (QED) is 0.619. The van der Waals surface area contributed by atoms with Crippen molar-refractivity contribution in [3.05, 3.63) is 59.9 Å². The molecule has 1 saturated heterocycles. The van der Waals surface area contributed by atoms with Gasteiger partial charge >= 0.3 is 0 Å². The number of carbonyl (C=O) groups is 2. The number of anilines is 1. The fraction of sp³-hybridized carbons (Fsp3) is 0.519. The Morgan fingerprint density at radius 2 is 1.88 bits per heavy atom. The molecule has 0 radical (unpaired) electrons. The third-order valence-corrected chi connectivity index (χ3v) is 6.35. The number of benzene rings is 1. The number of methoxy groups -OCH3 is 1. The summed E-state index contributed by atoms with van der Waals surface area (Å²) in [6.07, 6.45) is 4.99. The van der Waals surface area contributed by atoms with Crippen LogP contribution in [0.2, 0.25) is 0 Å². The van der Waals surface area contributed by atoms with Crippen molar-refractivity contribution in [2.45, 2.75) is 70.6 Å². The molecule has 2 atom stereocenters. The van der Waals surface area contributed by atoms with Crippen LogP contribution in [0.3, 0.4) is 0 Å². The second kappa shape index (κ2) is 10.7. The van der Waals surface area contributed by atoms with E-state index in [0.717, 1.165) is 24.9 Å². The highest BCUT2D eigenvalue weighted by atomic mass is 16.5. The van der Waals surface area contributed by atoms with Gasteiger partial charge in [-0.1, -0.05) is 39.0 Å². The van der Waals surface area contributed by atoms with Crippen molar-refractivity contribution in [2.24, 2.45) is 0 Å². The molecule has 1 aromatic heterocycles. The van der Waals surface area contributed by atoms with E-state index in [1.807, 2.05) is 44.2 Å². The summed E-state index contributed by atoms with van der Waals surface area (Å²) in [6, 6.07) is 10.4. The number of ether oxygens (including phenoxy) is 1. The minimum absolute atomic E-state index is 0.0216. The fourth-order valence-electron chi connectivity index (χ4n) is 4.01. The van der Waals surface area contributed by atoms with Crippen LogP contribution in [0.15, 0.2) is 48.8 Å². The van der Waals surface area contributed by atoms with Crippen LogP contribution >= 0.6 is 0 Å². The first kappa shape index (κ1) is 25.8. The molecule has 1 aromatic carbocycles. The number of hydrogen-bond donors (Lipinski definition) is 2. The van der Waals surface area contributed by atoms with E-state index in [2.05, 4.69) is 36.4 Å². The molecule has 3 rings (SSSR count). The summed E-state index contributed by atoms with van der Waals surface area (Å²) < 4.78 is 5.47. The van der Waals surface area contributed by atoms with Gasteiger partial charge in [0, 0.05) is 37.3 Å². The summed E-state index contributed by atoms with van der Waals surface area (Å²) in [6.45, 7) is 11.4. The molecular weight excluding hydrogens is 428 g/mol. The SMILES string of the molecule is COC(C)(C)CNC(=O)C(c1cccnc1)N(C(=O)C1CCCN1)c1ccc(C(C)(C)C)cc1. The Labute approximate surface area is 203 Å². The molecule has 0 saturated carbocycles. The largest absolute Gasteiger partial charge is 0.377 e. The summed E-state index contributed by atoms with van der Waals surface area (Å²) in [5.74, 6) is -0.389. The standard InChI is InChI=1S/C27H38N4O3/c1-26(2,3)20-11-13-21(14-12-20)31(25(33)22-10-8-16-29-22)23(19-9-7-15-28-17-19)24(32)30-18-27(4,5)34-6/h7,9,11-15,17,22-23,29H,8,10,16,18H2,1-6H3,(H,30,32). The predicted molar refractivity (Wildman–Crippen MR) is 135 cm³/mol.